The van der Waals surface area contributed by atoms with E-state index in [9.17, 15) is 22.8 Å². The molecule has 9 heteroatoms. The van der Waals surface area contributed by atoms with Gasteiger partial charge in [-0.15, -0.1) is 0 Å². The topological polar surface area (TPSA) is 84.9 Å². The monoisotopic (exact) mass is 293 g/mol. The van der Waals surface area contributed by atoms with Crippen LogP contribution in [0.1, 0.15) is 10.4 Å². The number of anilines is 1. The standard InChI is InChI=1S/C11H10F3NO5/c1-19-5-3-4-6(20-2)8(7(5)9(16)17)15-10(18)11(12,13)14/h3-4H,1-2H3,(H,15,18)(H,16,17). The molecule has 0 saturated heterocycles. The van der Waals surface area contributed by atoms with Crippen LogP contribution in [-0.2, 0) is 4.79 Å². The molecule has 110 valence electrons. The Morgan fingerprint density at radius 2 is 1.65 bits per heavy atom. The zero-order valence-corrected chi connectivity index (χ0v) is 10.4. The summed E-state index contributed by atoms with van der Waals surface area (Å²) in [6, 6.07) is 2.38. The third-order valence-corrected chi connectivity index (χ3v) is 2.28. The van der Waals surface area contributed by atoms with Gasteiger partial charge in [-0.1, -0.05) is 0 Å². The van der Waals surface area contributed by atoms with Crippen molar-refractivity contribution in [2.24, 2.45) is 0 Å². The Kier molecular flexibility index (Phi) is 4.43. The number of rotatable bonds is 4. The second-order valence-electron chi connectivity index (χ2n) is 3.48. The molecule has 20 heavy (non-hydrogen) atoms. The first-order valence-electron chi connectivity index (χ1n) is 5.08. The fraction of sp³-hybridized carbons (Fsp3) is 0.273. The smallest absolute Gasteiger partial charge is 0.471 e. The summed E-state index contributed by atoms with van der Waals surface area (Å²) >= 11 is 0. The minimum absolute atomic E-state index is 0.212. The molecule has 1 aromatic rings. The number of hydrogen-bond acceptors (Lipinski definition) is 4. The Morgan fingerprint density at radius 1 is 1.15 bits per heavy atom. The molecular weight excluding hydrogens is 283 g/mol. The van der Waals surface area contributed by atoms with E-state index in [-0.39, 0.29) is 11.5 Å². The Hall–Kier alpha value is -2.45. The van der Waals surface area contributed by atoms with E-state index in [4.69, 9.17) is 14.6 Å². The van der Waals surface area contributed by atoms with E-state index in [1.807, 2.05) is 0 Å². The number of hydrogen-bond donors (Lipinski definition) is 2. The number of halogens is 3. The number of carbonyl (C=O) groups is 2. The van der Waals surface area contributed by atoms with Gasteiger partial charge >= 0.3 is 18.1 Å². The van der Waals surface area contributed by atoms with Crippen molar-refractivity contribution >= 4 is 17.6 Å². The average Bonchev–Trinajstić information content (AvgIpc) is 2.36. The molecule has 0 bridgehead atoms. The molecule has 2 N–H and O–H groups in total. The van der Waals surface area contributed by atoms with E-state index in [1.54, 1.807) is 0 Å². The minimum Gasteiger partial charge on any atom is -0.496 e. The molecule has 0 aliphatic rings. The maximum absolute atomic E-state index is 12.3. The first kappa shape index (κ1) is 15.6. The largest absolute Gasteiger partial charge is 0.496 e. The fourth-order valence-corrected chi connectivity index (χ4v) is 1.43. The molecule has 0 aliphatic heterocycles. The van der Waals surface area contributed by atoms with Gasteiger partial charge in [-0.25, -0.2) is 4.79 Å². The van der Waals surface area contributed by atoms with Gasteiger partial charge in [-0.3, -0.25) is 4.79 Å². The highest BCUT2D eigenvalue weighted by Gasteiger charge is 2.40. The van der Waals surface area contributed by atoms with E-state index >= 15 is 0 Å². The summed E-state index contributed by atoms with van der Waals surface area (Å²) < 4.78 is 46.3. The van der Waals surface area contributed by atoms with Gasteiger partial charge < -0.3 is 19.9 Å². The third kappa shape index (κ3) is 3.11. The van der Waals surface area contributed by atoms with Crippen molar-refractivity contribution < 1.29 is 37.3 Å². The molecule has 0 fully saturated rings. The van der Waals surface area contributed by atoms with Crippen molar-refractivity contribution in [3.05, 3.63) is 17.7 Å². The first-order chi connectivity index (χ1) is 9.22. The molecule has 0 radical (unpaired) electrons. The highest BCUT2D eigenvalue weighted by molar-refractivity contribution is 6.05. The highest BCUT2D eigenvalue weighted by atomic mass is 19.4. The molecule has 0 aliphatic carbocycles. The maximum Gasteiger partial charge on any atom is 0.471 e. The molecule has 0 aromatic heterocycles. The molecular formula is C11H10F3NO5. The predicted octanol–water partition coefficient (Wildman–Crippen LogP) is 1.90. The van der Waals surface area contributed by atoms with Crippen molar-refractivity contribution in [1.82, 2.24) is 0 Å². The van der Waals surface area contributed by atoms with E-state index in [0.717, 1.165) is 14.2 Å². The SMILES string of the molecule is COc1ccc(OC)c(C(=O)O)c1NC(=O)C(F)(F)F. The normalized spacial score (nSPS) is 10.8. The Labute approximate surface area is 111 Å². The first-order valence-corrected chi connectivity index (χ1v) is 5.08. The lowest BCUT2D eigenvalue weighted by atomic mass is 10.1. The van der Waals surface area contributed by atoms with Crippen LogP contribution in [0.4, 0.5) is 18.9 Å². The molecule has 0 saturated carbocycles. The molecule has 1 rings (SSSR count). The number of aromatic carboxylic acids is 1. The lowest BCUT2D eigenvalue weighted by Gasteiger charge is -2.16. The molecule has 0 unspecified atom stereocenters. The number of carboxylic acids is 1. The second-order valence-corrected chi connectivity index (χ2v) is 3.48. The zero-order valence-electron chi connectivity index (χ0n) is 10.4. The van der Waals surface area contributed by atoms with Crippen LogP contribution in [-0.4, -0.2) is 37.4 Å². The van der Waals surface area contributed by atoms with Crippen LogP contribution in [0.3, 0.4) is 0 Å². The van der Waals surface area contributed by atoms with Gasteiger partial charge in [0.2, 0.25) is 0 Å². The molecule has 0 heterocycles. The van der Waals surface area contributed by atoms with E-state index in [1.165, 1.54) is 17.4 Å². The van der Waals surface area contributed by atoms with Crippen molar-refractivity contribution in [3.8, 4) is 11.5 Å². The zero-order chi connectivity index (χ0) is 15.5. The highest BCUT2D eigenvalue weighted by Crippen LogP contribution is 2.36. The molecule has 0 atom stereocenters. The summed E-state index contributed by atoms with van der Waals surface area (Å²) in [5, 5.41) is 10.5. The van der Waals surface area contributed by atoms with Crippen LogP contribution >= 0.6 is 0 Å². The number of carbonyl (C=O) groups excluding carboxylic acids is 1. The van der Waals surface area contributed by atoms with E-state index < -0.39 is 29.3 Å². The van der Waals surface area contributed by atoms with Gasteiger partial charge in [0.1, 0.15) is 22.7 Å². The lowest BCUT2D eigenvalue weighted by molar-refractivity contribution is -0.167. The van der Waals surface area contributed by atoms with Gasteiger partial charge in [-0.05, 0) is 12.1 Å². The van der Waals surface area contributed by atoms with Crippen molar-refractivity contribution in [2.45, 2.75) is 6.18 Å². The van der Waals surface area contributed by atoms with Crippen LogP contribution in [0.2, 0.25) is 0 Å². The van der Waals surface area contributed by atoms with Gasteiger partial charge in [0.15, 0.2) is 0 Å². The molecule has 6 nitrogen and oxygen atoms in total. The predicted molar refractivity (Wildman–Crippen MR) is 61.2 cm³/mol. The number of alkyl halides is 3. The van der Waals surface area contributed by atoms with E-state index in [2.05, 4.69) is 0 Å². The number of ether oxygens (including phenoxy) is 2. The number of amides is 1. The number of carboxylic acid groups (broad SMARTS) is 1. The molecule has 0 spiro atoms. The summed E-state index contributed by atoms with van der Waals surface area (Å²) in [6.45, 7) is 0. The quantitative estimate of drug-likeness (QED) is 0.885. The van der Waals surface area contributed by atoms with Gasteiger partial charge in [0.05, 0.1) is 14.2 Å². The van der Waals surface area contributed by atoms with Gasteiger partial charge in [0, 0.05) is 0 Å². The summed E-state index contributed by atoms with van der Waals surface area (Å²) in [5.41, 5.74) is -1.26. The van der Waals surface area contributed by atoms with Gasteiger partial charge in [-0.2, -0.15) is 13.2 Å². The van der Waals surface area contributed by atoms with Crippen molar-refractivity contribution in [3.63, 3.8) is 0 Å². The van der Waals surface area contributed by atoms with Crippen LogP contribution in [0.5, 0.6) is 11.5 Å². The average molecular weight is 293 g/mol. The summed E-state index contributed by atoms with van der Waals surface area (Å²) in [4.78, 5) is 22.1. The Morgan fingerprint density at radius 3 is 2.05 bits per heavy atom. The summed E-state index contributed by atoms with van der Waals surface area (Å²) in [7, 11) is 2.26. The Balaban J connectivity index is 3.41. The number of methoxy groups -OCH3 is 2. The third-order valence-electron chi connectivity index (χ3n) is 2.28. The second kappa shape index (κ2) is 5.68. The van der Waals surface area contributed by atoms with E-state index in [0.29, 0.717) is 0 Å². The molecule has 1 amide bonds. The van der Waals surface area contributed by atoms with Crippen molar-refractivity contribution in [2.75, 3.05) is 19.5 Å². The van der Waals surface area contributed by atoms with Gasteiger partial charge in [0.25, 0.3) is 0 Å². The lowest BCUT2D eigenvalue weighted by Crippen LogP contribution is -2.31. The summed E-state index contributed by atoms with van der Waals surface area (Å²) in [6.07, 6.45) is -5.16. The fourth-order valence-electron chi connectivity index (χ4n) is 1.43. The minimum atomic E-state index is -5.16. The molecule has 1 aromatic carbocycles. The Bertz CT molecular complexity index is 542. The van der Waals surface area contributed by atoms with Crippen LogP contribution in [0, 0.1) is 0 Å². The van der Waals surface area contributed by atoms with Crippen LogP contribution in [0.15, 0.2) is 12.1 Å². The number of benzene rings is 1. The maximum atomic E-state index is 12.3. The van der Waals surface area contributed by atoms with Crippen LogP contribution in [0.25, 0.3) is 0 Å². The van der Waals surface area contributed by atoms with Crippen LogP contribution < -0.4 is 14.8 Å². The number of nitrogens with one attached hydrogen (secondary N) is 1. The summed E-state index contributed by atoms with van der Waals surface area (Å²) in [5.74, 6) is -4.33. The van der Waals surface area contributed by atoms with Crippen molar-refractivity contribution in [1.29, 1.82) is 0 Å².